The second-order valence-electron chi connectivity index (χ2n) is 5.00. The number of nitrogens with one attached hydrogen (secondary N) is 1. The zero-order valence-electron chi connectivity index (χ0n) is 12.9. The van der Waals surface area contributed by atoms with Gasteiger partial charge in [0, 0.05) is 12.3 Å². The van der Waals surface area contributed by atoms with Gasteiger partial charge in [-0.1, -0.05) is 0 Å². The summed E-state index contributed by atoms with van der Waals surface area (Å²) in [5.74, 6) is -6.98. The Morgan fingerprint density at radius 2 is 1.59 bits per heavy atom. The number of phenols is 2. The monoisotopic (exact) mass is 398 g/mol. The normalized spacial score (nSPS) is 11.0. The molecular weight excluding hydrogens is 388 g/mol. The second kappa shape index (κ2) is 6.89. The van der Waals surface area contributed by atoms with Gasteiger partial charge in [0.25, 0.3) is 16.0 Å². The third kappa shape index (κ3) is 4.10. The Kier molecular flexibility index (Phi) is 5.01. The first-order chi connectivity index (χ1) is 12.4. The Morgan fingerprint density at radius 1 is 0.963 bits per heavy atom. The van der Waals surface area contributed by atoms with E-state index < -0.39 is 66.9 Å². The van der Waals surface area contributed by atoms with E-state index in [-0.39, 0.29) is 0 Å². The van der Waals surface area contributed by atoms with Gasteiger partial charge in [-0.15, -0.1) is 0 Å². The third-order valence-corrected chi connectivity index (χ3v) is 4.05. The van der Waals surface area contributed by atoms with Crippen LogP contribution in [-0.4, -0.2) is 56.2 Å². The standard InChI is InChI=1S/C14H10N2O10S/c17-6-2-7(10(18)9(3-6)27(24,25)26)12(19)16-11-8(14(22)23)1-5(4-15-11)13(20)21/h1-4,17-18H,(H,20,21)(H,22,23)(H,15,16,19)(H,24,25,26). The van der Waals surface area contributed by atoms with Crippen molar-refractivity contribution in [1.82, 2.24) is 4.98 Å². The number of nitrogens with zero attached hydrogens (tertiary/aromatic N) is 1. The van der Waals surface area contributed by atoms with Crippen LogP contribution >= 0.6 is 0 Å². The minimum absolute atomic E-state index is 0.473. The summed E-state index contributed by atoms with van der Waals surface area (Å²) in [5.41, 5.74) is -1.99. The molecule has 13 heteroatoms. The number of carbonyl (C=O) groups is 3. The van der Waals surface area contributed by atoms with Gasteiger partial charge in [0.15, 0.2) is 0 Å². The maximum absolute atomic E-state index is 12.3. The van der Waals surface area contributed by atoms with Gasteiger partial charge in [0.2, 0.25) is 0 Å². The summed E-state index contributed by atoms with van der Waals surface area (Å²) in [6.07, 6.45) is 0.760. The molecule has 2 rings (SSSR count). The zero-order chi connectivity index (χ0) is 20.5. The molecule has 0 saturated carbocycles. The molecule has 0 aliphatic rings. The first-order valence-electron chi connectivity index (χ1n) is 6.73. The number of rotatable bonds is 5. The molecule has 0 spiro atoms. The smallest absolute Gasteiger partial charge is 0.339 e. The molecule has 12 nitrogen and oxygen atoms in total. The summed E-state index contributed by atoms with van der Waals surface area (Å²) < 4.78 is 31.4. The molecule has 1 amide bonds. The van der Waals surface area contributed by atoms with Crippen molar-refractivity contribution in [3.63, 3.8) is 0 Å². The van der Waals surface area contributed by atoms with E-state index in [2.05, 4.69) is 4.98 Å². The van der Waals surface area contributed by atoms with Crippen LogP contribution in [-0.2, 0) is 10.1 Å². The van der Waals surface area contributed by atoms with Crippen molar-refractivity contribution in [2.75, 3.05) is 5.32 Å². The highest BCUT2D eigenvalue weighted by Crippen LogP contribution is 2.32. The van der Waals surface area contributed by atoms with E-state index >= 15 is 0 Å². The summed E-state index contributed by atoms with van der Waals surface area (Å²) in [7, 11) is -4.99. The van der Waals surface area contributed by atoms with Crippen molar-refractivity contribution < 1.29 is 47.8 Å². The average molecular weight is 398 g/mol. The Labute approximate surface area is 150 Å². The van der Waals surface area contributed by atoms with Crippen LogP contribution in [0.4, 0.5) is 5.82 Å². The fraction of sp³-hybridized carbons (Fsp3) is 0. The van der Waals surface area contributed by atoms with Crippen LogP contribution in [0.3, 0.4) is 0 Å². The van der Waals surface area contributed by atoms with Crippen molar-refractivity contribution in [3.8, 4) is 11.5 Å². The summed E-state index contributed by atoms with van der Waals surface area (Å²) >= 11 is 0. The molecule has 1 aromatic heterocycles. The number of aromatic nitrogens is 1. The molecule has 1 aromatic carbocycles. The lowest BCUT2D eigenvalue weighted by Gasteiger charge is -2.11. The van der Waals surface area contributed by atoms with Crippen molar-refractivity contribution >= 4 is 33.8 Å². The summed E-state index contributed by atoms with van der Waals surface area (Å²) in [5, 5.41) is 39.3. The number of amides is 1. The van der Waals surface area contributed by atoms with Crippen LogP contribution in [0.25, 0.3) is 0 Å². The van der Waals surface area contributed by atoms with E-state index in [9.17, 15) is 33.0 Å². The maximum atomic E-state index is 12.3. The number of pyridine rings is 1. The average Bonchev–Trinajstić information content (AvgIpc) is 2.55. The number of carbonyl (C=O) groups excluding carboxylic acids is 1. The fourth-order valence-corrected chi connectivity index (χ4v) is 2.61. The Balaban J connectivity index is 2.52. The highest BCUT2D eigenvalue weighted by molar-refractivity contribution is 7.86. The number of benzene rings is 1. The van der Waals surface area contributed by atoms with Crippen molar-refractivity contribution in [2.24, 2.45) is 0 Å². The van der Waals surface area contributed by atoms with Crippen LogP contribution in [0.1, 0.15) is 31.1 Å². The number of hydrogen-bond acceptors (Lipinski definition) is 8. The van der Waals surface area contributed by atoms with E-state index in [4.69, 9.17) is 14.8 Å². The summed E-state index contributed by atoms with van der Waals surface area (Å²) in [6, 6.07) is 1.87. The molecule has 0 fully saturated rings. The van der Waals surface area contributed by atoms with E-state index in [0.29, 0.717) is 12.1 Å². The minimum Gasteiger partial charge on any atom is -0.508 e. The lowest BCUT2D eigenvalue weighted by atomic mass is 10.1. The van der Waals surface area contributed by atoms with Crippen LogP contribution in [0.2, 0.25) is 0 Å². The predicted molar refractivity (Wildman–Crippen MR) is 85.7 cm³/mol. The van der Waals surface area contributed by atoms with Crippen molar-refractivity contribution in [1.29, 1.82) is 0 Å². The molecule has 2 aromatic rings. The summed E-state index contributed by atoms with van der Waals surface area (Å²) in [4.78, 5) is 36.7. The molecule has 0 unspecified atom stereocenters. The predicted octanol–water partition coefficient (Wildman–Crippen LogP) is 0.388. The number of hydrogen-bond donors (Lipinski definition) is 6. The van der Waals surface area contributed by atoms with E-state index in [1.165, 1.54) is 0 Å². The topological polar surface area (TPSA) is 211 Å². The lowest BCUT2D eigenvalue weighted by molar-refractivity contribution is 0.0696. The molecule has 0 aliphatic heterocycles. The van der Waals surface area contributed by atoms with Gasteiger partial charge < -0.3 is 25.7 Å². The van der Waals surface area contributed by atoms with Crippen LogP contribution in [0.5, 0.6) is 11.5 Å². The Morgan fingerprint density at radius 3 is 2.11 bits per heavy atom. The van der Waals surface area contributed by atoms with E-state index in [1.807, 2.05) is 5.32 Å². The van der Waals surface area contributed by atoms with Gasteiger partial charge in [-0.05, 0) is 12.1 Å². The minimum atomic E-state index is -4.99. The quantitative estimate of drug-likeness (QED) is 0.299. The van der Waals surface area contributed by atoms with Gasteiger partial charge in [0.1, 0.15) is 27.8 Å². The largest absolute Gasteiger partial charge is 0.508 e. The lowest BCUT2D eigenvalue weighted by Crippen LogP contribution is -2.18. The van der Waals surface area contributed by atoms with Crippen LogP contribution in [0, 0.1) is 0 Å². The second-order valence-corrected chi connectivity index (χ2v) is 6.39. The number of phenolic OH excluding ortho intramolecular Hbond substituents is 2. The third-order valence-electron chi connectivity index (χ3n) is 3.18. The SMILES string of the molecule is O=C(O)c1cnc(NC(=O)c2cc(O)cc(S(=O)(=O)O)c2O)c(C(=O)O)c1. The number of aromatic hydroxyl groups is 2. The summed E-state index contributed by atoms with van der Waals surface area (Å²) in [6.45, 7) is 0. The van der Waals surface area contributed by atoms with Gasteiger partial charge in [-0.2, -0.15) is 8.42 Å². The molecule has 142 valence electrons. The van der Waals surface area contributed by atoms with Gasteiger partial charge in [-0.3, -0.25) is 9.35 Å². The fourth-order valence-electron chi connectivity index (χ4n) is 1.98. The van der Waals surface area contributed by atoms with E-state index in [1.54, 1.807) is 0 Å². The number of carboxylic acids is 2. The maximum Gasteiger partial charge on any atom is 0.339 e. The molecule has 0 aliphatic carbocycles. The molecule has 0 radical (unpaired) electrons. The van der Waals surface area contributed by atoms with Crippen LogP contribution < -0.4 is 5.32 Å². The Bertz CT molecular complexity index is 1080. The zero-order valence-corrected chi connectivity index (χ0v) is 13.8. The first-order valence-corrected chi connectivity index (χ1v) is 8.17. The van der Waals surface area contributed by atoms with Gasteiger partial charge in [-0.25, -0.2) is 14.6 Å². The molecule has 1 heterocycles. The highest BCUT2D eigenvalue weighted by Gasteiger charge is 2.25. The number of carboxylic acid groups (broad SMARTS) is 2. The van der Waals surface area contributed by atoms with E-state index in [0.717, 1.165) is 12.3 Å². The number of aromatic carboxylic acids is 2. The molecule has 27 heavy (non-hydrogen) atoms. The van der Waals surface area contributed by atoms with Gasteiger partial charge >= 0.3 is 11.9 Å². The van der Waals surface area contributed by atoms with Crippen molar-refractivity contribution in [2.45, 2.75) is 4.90 Å². The molecule has 0 atom stereocenters. The molecule has 0 bridgehead atoms. The van der Waals surface area contributed by atoms with Crippen LogP contribution in [0.15, 0.2) is 29.3 Å². The van der Waals surface area contributed by atoms with Crippen molar-refractivity contribution in [3.05, 3.63) is 41.1 Å². The molecule has 6 N–H and O–H groups in total. The number of anilines is 1. The molecular formula is C14H10N2O10S. The van der Waals surface area contributed by atoms with Gasteiger partial charge in [0.05, 0.1) is 11.1 Å². The Hall–Kier alpha value is -3.71. The first kappa shape index (κ1) is 19.6. The highest BCUT2D eigenvalue weighted by atomic mass is 32.2. The molecule has 0 saturated heterocycles.